The molecule has 4 aliphatic rings. The summed E-state index contributed by atoms with van der Waals surface area (Å²) in [4.78, 5) is 66.8. The minimum Gasteiger partial charge on any atom is -0.493 e. The summed E-state index contributed by atoms with van der Waals surface area (Å²) in [6.45, 7) is 0.106. The first-order chi connectivity index (χ1) is 31.3. The number of hydrogen-bond donors (Lipinski definition) is 1. The van der Waals surface area contributed by atoms with Gasteiger partial charge in [-0.05, 0) is 70.1 Å². The van der Waals surface area contributed by atoms with Gasteiger partial charge in [0.25, 0.3) is 0 Å². The third kappa shape index (κ3) is 7.02. The Morgan fingerprint density at radius 1 is 0.750 bits per heavy atom. The molecular formula is C50H49N3O11. The maximum absolute atomic E-state index is 16.2. The van der Waals surface area contributed by atoms with E-state index in [0.29, 0.717) is 40.4 Å². The van der Waals surface area contributed by atoms with Gasteiger partial charge < -0.3 is 38.4 Å². The van der Waals surface area contributed by atoms with Crippen LogP contribution in [0.4, 0.5) is 10.5 Å². The van der Waals surface area contributed by atoms with Crippen LogP contribution in [0, 0.1) is 5.92 Å². The summed E-state index contributed by atoms with van der Waals surface area (Å²) in [5.74, 6) is -1.87. The van der Waals surface area contributed by atoms with Crippen LogP contribution in [0.25, 0.3) is 0 Å². The Bertz CT molecular complexity index is 2560. The van der Waals surface area contributed by atoms with Gasteiger partial charge in [-0.2, -0.15) is 0 Å². The molecule has 0 aromatic heterocycles. The first-order valence-electron chi connectivity index (χ1n) is 21.3. The van der Waals surface area contributed by atoms with Gasteiger partial charge in [-0.25, -0.2) is 9.69 Å². The van der Waals surface area contributed by atoms with Gasteiger partial charge in [-0.15, -0.1) is 0 Å². The predicted octanol–water partition coefficient (Wildman–Crippen LogP) is 6.11. The molecule has 2 fully saturated rings. The molecule has 0 saturated carbocycles. The van der Waals surface area contributed by atoms with Crippen molar-refractivity contribution in [1.29, 1.82) is 0 Å². The number of anilines is 1. The number of carbonyl (C=O) groups is 4. The van der Waals surface area contributed by atoms with Crippen molar-refractivity contribution < 1.29 is 52.7 Å². The van der Waals surface area contributed by atoms with Crippen LogP contribution in [0.3, 0.4) is 0 Å². The number of amides is 3. The van der Waals surface area contributed by atoms with Crippen molar-refractivity contribution in [3.8, 4) is 17.2 Å². The third-order valence-corrected chi connectivity index (χ3v) is 12.9. The lowest BCUT2D eigenvalue weighted by molar-refractivity contribution is -0.179. The van der Waals surface area contributed by atoms with Crippen LogP contribution in [-0.4, -0.2) is 99.1 Å². The Morgan fingerprint density at radius 3 is 2.12 bits per heavy atom. The highest BCUT2D eigenvalue weighted by molar-refractivity contribution is 6.23. The lowest BCUT2D eigenvalue weighted by Gasteiger charge is -2.46. The fourth-order valence-corrected chi connectivity index (χ4v) is 10.3. The summed E-state index contributed by atoms with van der Waals surface area (Å²) in [5, 5.41) is 9.75. The highest BCUT2D eigenvalue weighted by atomic mass is 16.6. The van der Waals surface area contributed by atoms with Crippen molar-refractivity contribution in [2.45, 2.75) is 42.6 Å². The number of fused-ring (bicyclic) bond motifs is 4. The van der Waals surface area contributed by atoms with Crippen LogP contribution in [-0.2, 0) is 47.0 Å². The van der Waals surface area contributed by atoms with Crippen molar-refractivity contribution in [2.75, 3.05) is 59.2 Å². The van der Waals surface area contributed by atoms with E-state index in [1.165, 1.54) is 7.11 Å². The number of imide groups is 1. The second-order valence-corrected chi connectivity index (χ2v) is 16.2. The van der Waals surface area contributed by atoms with Gasteiger partial charge in [-0.1, -0.05) is 91.0 Å². The molecule has 0 bridgehead atoms. The largest absolute Gasteiger partial charge is 0.493 e. The van der Waals surface area contributed by atoms with Gasteiger partial charge in [0.05, 0.1) is 51.1 Å². The Kier molecular flexibility index (Phi) is 11.8. The van der Waals surface area contributed by atoms with Gasteiger partial charge >= 0.3 is 12.1 Å². The maximum atomic E-state index is 16.2. The zero-order chi connectivity index (χ0) is 44.5. The standard InChI is InChI=1S/C50H49N3O11/c1-59-25-26-63-49(58)52-38-20-11-10-19-37(38)50(48(52)57)41(46(55)51-22-21-33-28-39(60-2)40(61-3)29-35(33)30-51)43-47(56)64-44(32-15-8-5-9-16-32)42(31-13-6-4-7-14-31)53(43)45(50)34-17-12-18-36(27-34)62-24-23-54/h4-20,27-29,41-45,54H,21-26,30H2,1-3H3/t41-,42-,43-,44+,45+,50-/m1/s1. The molecule has 5 aromatic rings. The minimum atomic E-state index is -1.94. The first kappa shape index (κ1) is 42.6. The highest BCUT2D eigenvalue weighted by Gasteiger charge is 2.76. The Labute approximate surface area is 370 Å². The van der Waals surface area contributed by atoms with Crippen molar-refractivity contribution in [2.24, 2.45) is 5.92 Å². The van der Waals surface area contributed by atoms with Crippen LogP contribution in [0.1, 0.15) is 51.6 Å². The third-order valence-electron chi connectivity index (χ3n) is 12.9. The summed E-state index contributed by atoms with van der Waals surface area (Å²) < 4.78 is 34.7. The van der Waals surface area contributed by atoms with Gasteiger partial charge in [0.2, 0.25) is 11.8 Å². The van der Waals surface area contributed by atoms with E-state index in [2.05, 4.69) is 0 Å². The molecule has 9 rings (SSSR count). The number of methoxy groups -OCH3 is 3. The quantitative estimate of drug-likeness (QED) is 0.114. The number of cyclic esters (lactones) is 1. The van der Waals surface area contributed by atoms with E-state index in [1.807, 2.05) is 83.8 Å². The van der Waals surface area contributed by atoms with Crippen molar-refractivity contribution in [3.05, 3.63) is 155 Å². The molecule has 0 radical (unpaired) electrons. The maximum Gasteiger partial charge on any atom is 0.421 e. The lowest BCUT2D eigenvalue weighted by Crippen LogP contribution is -2.57. The summed E-state index contributed by atoms with van der Waals surface area (Å²) in [7, 11) is 4.59. The molecule has 1 spiro atoms. The van der Waals surface area contributed by atoms with E-state index in [9.17, 15) is 9.90 Å². The van der Waals surface area contributed by atoms with Gasteiger partial charge in [0.15, 0.2) is 11.5 Å². The SMILES string of the molecule is COCCOC(=O)N1C(=O)[C@@]2(c3ccccc31)[C@H](c1cccc(OCCO)c1)N1[C@H](c3ccccc3)[C@H](c3ccccc3)OC(=O)[C@H]1[C@@H]2C(=O)N1CCc2cc(OC)c(OC)cc2C1. The van der Waals surface area contributed by atoms with Crippen LogP contribution in [0.5, 0.6) is 17.2 Å². The molecule has 330 valence electrons. The number of ether oxygens (including phenoxy) is 6. The lowest BCUT2D eigenvalue weighted by atomic mass is 9.65. The number of esters is 1. The molecule has 14 heteroatoms. The van der Waals surface area contributed by atoms with E-state index >= 15 is 14.4 Å². The monoisotopic (exact) mass is 867 g/mol. The molecule has 1 N–H and O–H groups in total. The van der Waals surface area contributed by atoms with E-state index in [0.717, 1.165) is 21.6 Å². The van der Waals surface area contributed by atoms with E-state index in [-0.39, 0.29) is 45.2 Å². The summed E-state index contributed by atoms with van der Waals surface area (Å²) in [6.07, 6.45) is -1.38. The van der Waals surface area contributed by atoms with E-state index in [1.54, 1.807) is 61.6 Å². The Balaban J connectivity index is 1.32. The van der Waals surface area contributed by atoms with Crippen molar-refractivity contribution in [1.82, 2.24) is 9.80 Å². The number of rotatable bonds is 12. The van der Waals surface area contributed by atoms with E-state index < -0.39 is 59.4 Å². The Morgan fingerprint density at radius 2 is 1.42 bits per heavy atom. The number of aliphatic hydroxyl groups is 1. The molecular weight excluding hydrogens is 819 g/mol. The zero-order valence-corrected chi connectivity index (χ0v) is 35.8. The molecule has 5 aromatic carbocycles. The average molecular weight is 868 g/mol. The molecule has 3 amide bonds. The molecule has 6 atom stereocenters. The van der Waals surface area contributed by atoms with E-state index in [4.69, 9.17) is 28.4 Å². The molecule has 4 aliphatic heterocycles. The predicted molar refractivity (Wildman–Crippen MR) is 233 cm³/mol. The summed E-state index contributed by atoms with van der Waals surface area (Å²) >= 11 is 0. The number of hydrogen-bond acceptors (Lipinski definition) is 12. The van der Waals surface area contributed by atoms with Crippen LogP contribution in [0.15, 0.2) is 121 Å². The second kappa shape index (κ2) is 17.8. The molecule has 64 heavy (non-hydrogen) atoms. The van der Waals surface area contributed by atoms with Crippen LogP contribution in [0.2, 0.25) is 0 Å². The molecule has 0 aliphatic carbocycles. The van der Waals surface area contributed by atoms with Crippen LogP contribution >= 0.6 is 0 Å². The first-order valence-corrected chi connectivity index (χ1v) is 21.3. The molecule has 2 saturated heterocycles. The molecule has 14 nitrogen and oxygen atoms in total. The average Bonchev–Trinajstić information content (AvgIpc) is 3.79. The highest BCUT2D eigenvalue weighted by Crippen LogP contribution is 2.66. The summed E-state index contributed by atoms with van der Waals surface area (Å²) in [5.41, 5.74) is 2.49. The van der Waals surface area contributed by atoms with Gasteiger partial charge in [-0.3, -0.25) is 19.3 Å². The number of para-hydroxylation sites is 1. The summed E-state index contributed by atoms with van der Waals surface area (Å²) in [6, 6.07) is 33.6. The number of aliphatic hydroxyl groups excluding tert-OH is 1. The van der Waals surface area contributed by atoms with Crippen LogP contribution < -0.4 is 19.1 Å². The number of benzene rings is 5. The molecule has 0 unspecified atom stereocenters. The zero-order valence-electron chi connectivity index (χ0n) is 35.8. The topological polar surface area (TPSA) is 154 Å². The fraction of sp³-hybridized carbons (Fsp3) is 0.320. The molecule has 4 heterocycles. The van der Waals surface area contributed by atoms with Crippen molar-refractivity contribution >= 4 is 29.6 Å². The Hall–Kier alpha value is -6.74. The number of carbonyl (C=O) groups excluding carboxylic acids is 4. The van der Waals surface area contributed by atoms with Gasteiger partial charge in [0.1, 0.15) is 36.5 Å². The van der Waals surface area contributed by atoms with Gasteiger partial charge in [0, 0.05) is 20.2 Å². The second-order valence-electron chi connectivity index (χ2n) is 16.2. The normalized spacial score (nSPS) is 23.5. The number of morpholine rings is 1. The smallest absolute Gasteiger partial charge is 0.421 e. The van der Waals surface area contributed by atoms with Crippen molar-refractivity contribution in [3.63, 3.8) is 0 Å². The number of nitrogens with zero attached hydrogens (tertiary/aromatic N) is 3. The minimum absolute atomic E-state index is 0.00227. The fourth-order valence-electron chi connectivity index (χ4n) is 10.3.